The van der Waals surface area contributed by atoms with Crippen molar-refractivity contribution in [2.45, 2.75) is 284 Å². The van der Waals surface area contributed by atoms with Gasteiger partial charge in [0.15, 0.2) is 6.10 Å². The summed E-state index contributed by atoms with van der Waals surface area (Å²) in [6, 6.07) is 0. The molecule has 0 saturated heterocycles. The first kappa shape index (κ1) is 65.6. The molecule has 0 radical (unpaired) electrons. The largest absolute Gasteiger partial charge is 0.462 e. The molecule has 0 saturated carbocycles. The van der Waals surface area contributed by atoms with Crippen molar-refractivity contribution in [1.82, 2.24) is 0 Å². The highest BCUT2D eigenvalue weighted by molar-refractivity contribution is 5.71. The van der Waals surface area contributed by atoms with E-state index in [9.17, 15) is 14.4 Å². The summed E-state index contributed by atoms with van der Waals surface area (Å²) in [6.07, 6.45) is 74.4. The average molecular weight is 962 g/mol. The Hall–Kier alpha value is -3.41. The van der Waals surface area contributed by atoms with Crippen molar-refractivity contribution >= 4 is 17.9 Å². The van der Waals surface area contributed by atoms with Gasteiger partial charge in [-0.2, -0.15) is 0 Å². The van der Waals surface area contributed by atoms with E-state index in [1.807, 2.05) is 0 Å². The van der Waals surface area contributed by atoms with Gasteiger partial charge in [-0.25, -0.2) is 0 Å². The third kappa shape index (κ3) is 55.4. The molecule has 0 fully saturated rings. The molecule has 0 spiro atoms. The first-order valence-corrected chi connectivity index (χ1v) is 29.1. The van der Waals surface area contributed by atoms with Crippen LogP contribution >= 0.6 is 0 Å². The lowest BCUT2D eigenvalue weighted by atomic mass is 10.0. The van der Waals surface area contributed by atoms with Gasteiger partial charge in [-0.1, -0.05) is 228 Å². The minimum atomic E-state index is -0.802. The maximum Gasteiger partial charge on any atom is 0.306 e. The van der Waals surface area contributed by atoms with Gasteiger partial charge in [0.25, 0.3) is 0 Å². The molecule has 1 unspecified atom stereocenters. The lowest BCUT2D eigenvalue weighted by molar-refractivity contribution is -0.167. The number of allylic oxidation sites excluding steroid dienone is 14. The molecule has 1 atom stereocenters. The van der Waals surface area contributed by atoms with Crippen molar-refractivity contribution in [2.75, 3.05) is 13.2 Å². The number of carbonyl (C=O) groups excluding carboxylic acids is 3. The number of carbonyl (C=O) groups is 3. The molecule has 0 aromatic heterocycles. The molecule has 396 valence electrons. The fourth-order valence-electron chi connectivity index (χ4n) is 7.99. The van der Waals surface area contributed by atoms with Gasteiger partial charge >= 0.3 is 17.9 Å². The van der Waals surface area contributed by atoms with Crippen molar-refractivity contribution in [3.63, 3.8) is 0 Å². The molecule has 6 nitrogen and oxygen atoms in total. The molecule has 6 heteroatoms. The van der Waals surface area contributed by atoms with Crippen LogP contribution < -0.4 is 0 Å². The molecule has 0 aliphatic heterocycles. The van der Waals surface area contributed by atoms with Crippen LogP contribution in [0.4, 0.5) is 0 Å². The summed E-state index contributed by atoms with van der Waals surface area (Å²) in [6.45, 7) is 6.47. The van der Waals surface area contributed by atoms with Crippen LogP contribution in [0.1, 0.15) is 278 Å². The van der Waals surface area contributed by atoms with Gasteiger partial charge in [0.1, 0.15) is 13.2 Å². The van der Waals surface area contributed by atoms with E-state index in [1.54, 1.807) is 0 Å². The highest BCUT2D eigenvalue weighted by Gasteiger charge is 2.19. The fraction of sp³-hybridized carbons (Fsp3) is 0.730. The van der Waals surface area contributed by atoms with E-state index in [4.69, 9.17) is 14.2 Å². The summed E-state index contributed by atoms with van der Waals surface area (Å²) < 4.78 is 16.8. The highest BCUT2D eigenvalue weighted by Crippen LogP contribution is 2.15. The fourth-order valence-corrected chi connectivity index (χ4v) is 7.99. The molecule has 0 aliphatic rings. The predicted octanol–water partition coefficient (Wildman–Crippen LogP) is 19.5. The molecular weight excluding hydrogens is 853 g/mol. The molecule has 0 aromatic carbocycles. The minimum absolute atomic E-state index is 0.0966. The Kier molecular flexibility index (Phi) is 54.3. The third-order valence-electron chi connectivity index (χ3n) is 12.4. The monoisotopic (exact) mass is 961 g/mol. The molecule has 0 N–H and O–H groups in total. The van der Waals surface area contributed by atoms with Crippen molar-refractivity contribution in [3.8, 4) is 0 Å². The Balaban J connectivity index is 4.36. The van der Waals surface area contributed by atoms with E-state index < -0.39 is 6.10 Å². The Bertz CT molecular complexity index is 1330. The van der Waals surface area contributed by atoms with E-state index in [1.165, 1.54) is 141 Å². The molecule has 0 aromatic rings. The topological polar surface area (TPSA) is 78.9 Å². The summed E-state index contributed by atoms with van der Waals surface area (Å²) >= 11 is 0. The van der Waals surface area contributed by atoms with E-state index >= 15 is 0 Å². The zero-order chi connectivity index (χ0) is 50.0. The van der Waals surface area contributed by atoms with Crippen molar-refractivity contribution in [3.05, 3.63) is 85.1 Å². The van der Waals surface area contributed by atoms with Crippen LogP contribution in [0.2, 0.25) is 0 Å². The Morgan fingerprint density at radius 1 is 0.304 bits per heavy atom. The second kappa shape index (κ2) is 57.2. The molecule has 0 aliphatic carbocycles. The molecule has 0 amide bonds. The second-order valence-electron chi connectivity index (χ2n) is 19.2. The van der Waals surface area contributed by atoms with Crippen molar-refractivity contribution < 1.29 is 28.6 Å². The van der Waals surface area contributed by atoms with Crippen molar-refractivity contribution in [1.29, 1.82) is 0 Å². The summed E-state index contributed by atoms with van der Waals surface area (Å²) in [5, 5.41) is 0. The van der Waals surface area contributed by atoms with Crippen LogP contribution in [0.3, 0.4) is 0 Å². The number of rotatable bonds is 52. The summed E-state index contributed by atoms with van der Waals surface area (Å²) in [5.41, 5.74) is 0. The quantitative estimate of drug-likeness (QED) is 0.0262. The molecule has 69 heavy (non-hydrogen) atoms. The first-order valence-electron chi connectivity index (χ1n) is 29.1. The lowest BCUT2D eigenvalue weighted by Crippen LogP contribution is -2.30. The number of esters is 3. The van der Waals surface area contributed by atoms with Crippen LogP contribution in [-0.4, -0.2) is 37.2 Å². The maximum atomic E-state index is 12.8. The number of hydrogen-bond acceptors (Lipinski definition) is 6. The van der Waals surface area contributed by atoms with E-state index in [0.717, 1.165) is 89.9 Å². The van der Waals surface area contributed by atoms with Gasteiger partial charge in [0, 0.05) is 19.3 Å². The second-order valence-corrected chi connectivity index (χ2v) is 19.2. The first-order chi connectivity index (χ1) is 34.0. The zero-order valence-corrected chi connectivity index (χ0v) is 45.3. The number of hydrogen-bond donors (Lipinski definition) is 0. The summed E-state index contributed by atoms with van der Waals surface area (Å²) in [5.74, 6) is -0.945. The van der Waals surface area contributed by atoms with Crippen LogP contribution in [0.15, 0.2) is 85.1 Å². The van der Waals surface area contributed by atoms with Gasteiger partial charge in [-0.15, -0.1) is 0 Å². The van der Waals surface area contributed by atoms with Crippen LogP contribution in [-0.2, 0) is 28.6 Å². The predicted molar refractivity (Wildman–Crippen MR) is 297 cm³/mol. The van der Waals surface area contributed by atoms with Gasteiger partial charge in [0.2, 0.25) is 0 Å². The zero-order valence-electron chi connectivity index (χ0n) is 45.3. The standard InChI is InChI=1S/C63H108O6/c1-4-7-10-13-16-19-22-25-27-28-29-30-31-32-33-34-36-38-41-44-47-50-53-56-62(65)68-59-60(58-67-61(64)55-52-49-46-43-40-37-24-21-18-15-12-9-6-3)69-63(66)57-54-51-48-45-42-39-35-26-23-20-17-14-11-8-5-2/h8,11,17,20-22,24-26,28-29,35,42,45,60H,4-7,9-10,12-16,18-19,23,27,30-34,36-41,43-44,46-59H2,1-3H3/b11-8-,20-17-,24-21-,25-22-,29-28-,35-26-,45-42-. The Morgan fingerprint density at radius 3 is 0.942 bits per heavy atom. The molecule has 0 heterocycles. The Labute approximate surface area is 426 Å². The number of unbranched alkanes of at least 4 members (excludes halogenated alkanes) is 27. The smallest absolute Gasteiger partial charge is 0.306 e. The molecular formula is C63H108O6. The van der Waals surface area contributed by atoms with E-state index in [-0.39, 0.29) is 37.5 Å². The van der Waals surface area contributed by atoms with E-state index in [0.29, 0.717) is 19.3 Å². The summed E-state index contributed by atoms with van der Waals surface area (Å²) in [7, 11) is 0. The minimum Gasteiger partial charge on any atom is -0.462 e. The third-order valence-corrected chi connectivity index (χ3v) is 12.4. The van der Waals surface area contributed by atoms with Crippen molar-refractivity contribution in [2.24, 2.45) is 0 Å². The van der Waals surface area contributed by atoms with Gasteiger partial charge in [-0.05, 0) is 116 Å². The van der Waals surface area contributed by atoms with E-state index in [2.05, 4.69) is 106 Å². The van der Waals surface area contributed by atoms with Crippen LogP contribution in [0.25, 0.3) is 0 Å². The average Bonchev–Trinajstić information content (AvgIpc) is 3.35. The lowest BCUT2D eigenvalue weighted by Gasteiger charge is -2.18. The SMILES string of the molecule is CC/C=C\C/C=C\C/C=C\C/C=C\CCCCC(=O)OC(COC(=O)CCCCCCC/C=C\CCCCCC)COC(=O)CCCCCCCCCCCCC/C=C\C/C=C\CCCCCCC. The van der Waals surface area contributed by atoms with Gasteiger partial charge in [0.05, 0.1) is 0 Å². The normalized spacial score (nSPS) is 12.7. The highest BCUT2D eigenvalue weighted by atomic mass is 16.6. The Morgan fingerprint density at radius 2 is 0.565 bits per heavy atom. The number of ether oxygens (including phenoxy) is 3. The van der Waals surface area contributed by atoms with Gasteiger partial charge < -0.3 is 14.2 Å². The van der Waals surface area contributed by atoms with Crippen LogP contribution in [0, 0.1) is 0 Å². The molecule has 0 rings (SSSR count). The maximum absolute atomic E-state index is 12.8. The summed E-state index contributed by atoms with van der Waals surface area (Å²) in [4.78, 5) is 38.1. The van der Waals surface area contributed by atoms with Crippen LogP contribution in [0.5, 0.6) is 0 Å². The van der Waals surface area contributed by atoms with Gasteiger partial charge in [-0.3, -0.25) is 14.4 Å². The molecule has 0 bridgehead atoms.